The lowest BCUT2D eigenvalue weighted by molar-refractivity contribution is -0.0431. The lowest BCUT2D eigenvalue weighted by Gasteiger charge is -2.55. The van der Waals surface area contributed by atoms with Crippen molar-refractivity contribution in [1.29, 1.82) is 0 Å². The molecule has 3 fully saturated rings. The summed E-state index contributed by atoms with van der Waals surface area (Å²) in [6.07, 6.45) is 8.75. The van der Waals surface area contributed by atoms with Gasteiger partial charge in [0.25, 0.3) is 0 Å². The van der Waals surface area contributed by atoms with E-state index in [1.807, 2.05) is 0 Å². The van der Waals surface area contributed by atoms with Crippen LogP contribution in [0.4, 0.5) is 0 Å². The number of nitrogens with zero attached hydrogens (tertiary/aromatic N) is 1. The van der Waals surface area contributed by atoms with Crippen molar-refractivity contribution in [1.82, 2.24) is 10.2 Å². The summed E-state index contributed by atoms with van der Waals surface area (Å²) in [5, 5.41) is 3.71. The quantitative estimate of drug-likeness (QED) is 0.851. The molecule has 3 heterocycles. The number of hydrogen-bond donors (Lipinski definition) is 1. The van der Waals surface area contributed by atoms with Crippen LogP contribution in [0.15, 0.2) is 0 Å². The highest BCUT2D eigenvalue weighted by atomic mass is 35.5. The number of fused-ring (bicyclic) bond motifs is 4. The molecule has 0 unspecified atom stereocenters. The van der Waals surface area contributed by atoms with Gasteiger partial charge in [0, 0.05) is 12.1 Å². The standard InChI is InChI=1S/C16H30N2.2ClH/c1-12(2)6-7-16-14-9-13(10-17-11-14)15-5-3-4-8-18(15)16;;/h12-17H,3-11H2,1-2H3;2*1H/t13-,14+,15+,16+;;/m1../s1. The van der Waals surface area contributed by atoms with E-state index in [4.69, 9.17) is 0 Å². The maximum absolute atomic E-state index is 3.71. The Morgan fingerprint density at radius 1 is 1.10 bits per heavy atom. The van der Waals surface area contributed by atoms with E-state index in [0.29, 0.717) is 0 Å². The molecule has 3 saturated heterocycles. The second-order valence-electron chi connectivity index (χ2n) is 7.25. The lowest BCUT2D eigenvalue weighted by atomic mass is 9.71. The van der Waals surface area contributed by atoms with Gasteiger partial charge in [-0.1, -0.05) is 20.3 Å². The van der Waals surface area contributed by atoms with Crippen LogP contribution in [-0.4, -0.2) is 36.6 Å². The van der Waals surface area contributed by atoms with Crippen LogP contribution < -0.4 is 5.32 Å². The van der Waals surface area contributed by atoms with E-state index in [0.717, 1.165) is 29.8 Å². The fraction of sp³-hybridized carbons (Fsp3) is 1.00. The molecular formula is C16H32Cl2N2. The molecule has 4 atom stereocenters. The van der Waals surface area contributed by atoms with Crippen molar-refractivity contribution in [3.05, 3.63) is 0 Å². The number of nitrogens with one attached hydrogen (secondary N) is 1. The van der Waals surface area contributed by atoms with Gasteiger partial charge in [-0.25, -0.2) is 0 Å². The molecule has 120 valence electrons. The predicted octanol–water partition coefficient (Wildman–Crippen LogP) is 3.73. The van der Waals surface area contributed by atoms with Gasteiger partial charge in [-0.3, -0.25) is 4.90 Å². The first-order chi connectivity index (χ1) is 8.75. The topological polar surface area (TPSA) is 15.3 Å². The average Bonchev–Trinajstić information content (AvgIpc) is 2.39. The Bertz CT molecular complexity index is 286. The smallest absolute Gasteiger partial charge is 0.0139 e. The number of rotatable bonds is 3. The summed E-state index contributed by atoms with van der Waals surface area (Å²) >= 11 is 0. The van der Waals surface area contributed by atoms with Crippen molar-refractivity contribution >= 4 is 24.8 Å². The van der Waals surface area contributed by atoms with Crippen LogP contribution in [0.5, 0.6) is 0 Å². The average molecular weight is 323 g/mol. The molecule has 0 aromatic rings. The highest BCUT2D eigenvalue weighted by Crippen LogP contribution is 2.40. The first-order valence-corrected chi connectivity index (χ1v) is 8.22. The van der Waals surface area contributed by atoms with Crippen LogP contribution in [0.1, 0.15) is 52.4 Å². The van der Waals surface area contributed by atoms with Gasteiger partial charge in [-0.2, -0.15) is 0 Å². The maximum atomic E-state index is 3.71. The minimum atomic E-state index is 0. The molecule has 0 amide bonds. The summed E-state index contributed by atoms with van der Waals surface area (Å²) in [4.78, 5) is 2.94. The molecule has 0 aromatic heterocycles. The maximum Gasteiger partial charge on any atom is 0.0139 e. The zero-order chi connectivity index (χ0) is 12.5. The van der Waals surface area contributed by atoms with Crippen molar-refractivity contribution in [3.8, 4) is 0 Å². The van der Waals surface area contributed by atoms with E-state index in [1.54, 1.807) is 0 Å². The molecular weight excluding hydrogens is 291 g/mol. The van der Waals surface area contributed by atoms with E-state index in [9.17, 15) is 0 Å². The molecule has 0 spiro atoms. The Kier molecular flexibility index (Phi) is 7.62. The first-order valence-electron chi connectivity index (χ1n) is 8.22. The summed E-state index contributed by atoms with van der Waals surface area (Å²) in [5.74, 6) is 2.76. The summed E-state index contributed by atoms with van der Waals surface area (Å²) in [5.41, 5.74) is 0. The normalized spacial score (nSPS) is 36.8. The number of halogens is 2. The second kappa shape index (κ2) is 8.22. The van der Waals surface area contributed by atoms with Crippen molar-refractivity contribution in [2.24, 2.45) is 17.8 Å². The Morgan fingerprint density at radius 2 is 1.85 bits per heavy atom. The summed E-state index contributed by atoms with van der Waals surface area (Å²) in [7, 11) is 0. The van der Waals surface area contributed by atoms with Crippen LogP contribution in [0.25, 0.3) is 0 Å². The Hall–Kier alpha value is 0.500. The van der Waals surface area contributed by atoms with Crippen LogP contribution in [0, 0.1) is 17.8 Å². The van der Waals surface area contributed by atoms with E-state index in [1.165, 1.54) is 58.2 Å². The van der Waals surface area contributed by atoms with E-state index >= 15 is 0 Å². The van der Waals surface area contributed by atoms with Crippen molar-refractivity contribution in [2.75, 3.05) is 19.6 Å². The summed E-state index contributed by atoms with van der Waals surface area (Å²) < 4.78 is 0. The van der Waals surface area contributed by atoms with Crippen LogP contribution >= 0.6 is 24.8 Å². The lowest BCUT2D eigenvalue weighted by Crippen LogP contribution is -2.62. The molecule has 2 bridgehead atoms. The number of hydrogen-bond acceptors (Lipinski definition) is 2. The molecule has 4 heteroatoms. The monoisotopic (exact) mass is 322 g/mol. The highest BCUT2D eigenvalue weighted by molar-refractivity contribution is 5.85. The molecule has 2 nitrogen and oxygen atoms in total. The van der Waals surface area contributed by atoms with Gasteiger partial charge in [0.1, 0.15) is 0 Å². The first kappa shape index (κ1) is 18.5. The highest BCUT2D eigenvalue weighted by Gasteiger charge is 2.44. The Balaban J connectivity index is 0.000001000. The van der Waals surface area contributed by atoms with Crippen LogP contribution in [0.3, 0.4) is 0 Å². The van der Waals surface area contributed by atoms with E-state index < -0.39 is 0 Å². The minimum absolute atomic E-state index is 0. The molecule has 3 rings (SSSR count). The van der Waals surface area contributed by atoms with Crippen LogP contribution in [0.2, 0.25) is 0 Å². The largest absolute Gasteiger partial charge is 0.316 e. The molecule has 3 aliphatic heterocycles. The SMILES string of the molecule is CC(C)CC[C@H]1[C@@H]2CNC[C@@H](C2)[C@@H]2CCCCN12.Cl.Cl. The molecule has 0 aliphatic carbocycles. The molecule has 0 saturated carbocycles. The van der Waals surface area contributed by atoms with Gasteiger partial charge in [-0.15, -0.1) is 24.8 Å². The van der Waals surface area contributed by atoms with Crippen molar-refractivity contribution in [3.63, 3.8) is 0 Å². The molecule has 0 radical (unpaired) electrons. The Morgan fingerprint density at radius 3 is 2.60 bits per heavy atom. The second-order valence-corrected chi connectivity index (χ2v) is 7.25. The molecule has 1 N–H and O–H groups in total. The van der Waals surface area contributed by atoms with Crippen molar-refractivity contribution in [2.45, 2.75) is 64.5 Å². The van der Waals surface area contributed by atoms with E-state index in [2.05, 4.69) is 24.1 Å². The predicted molar refractivity (Wildman–Crippen MR) is 91.2 cm³/mol. The zero-order valence-corrected chi connectivity index (χ0v) is 14.6. The summed E-state index contributed by atoms with van der Waals surface area (Å²) in [6, 6.07) is 1.81. The number of piperidine rings is 3. The van der Waals surface area contributed by atoms with E-state index in [-0.39, 0.29) is 24.8 Å². The van der Waals surface area contributed by atoms with Gasteiger partial charge in [0.05, 0.1) is 0 Å². The third-order valence-corrected chi connectivity index (χ3v) is 5.56. The molecule has 20 heavy (non-hydrogen) atoms. The third-order valence-electron chi connectivity index (χ3n) is 5.56. The molecule has 3 aliphatic rings. The summed E-state index contributed by atoms with van der Waals surface area (Å²) in [6.45, 7) is 8.70. The van der Waals surface area contributed by atoms with Crippen molar-refractivity contribution < 1.29 is 0 Å². The van der Waals surface area contributed by atoms with Gasteiger partial charge in [-0.05, 0) is 69.5 Å². The Labute approximate surface area is 137 Å². The zero-order valence-electron chi connectivity index (χ0n) is 13.0. The minimum Gasteiger partial charge on any atom is -0.316 e. The fourth-order valence-electron chi connectivity index (χ4n) is 4.67. The van der Waals surface area contributed by atoms with Crippen LogP contribution in [-0.2, 0) is 0 Å². The van der Waals surface area contributed by atoms with Gasteiger partial charge in [0.2, 0.25) is 0 Å². The third kappa shape index (κ3) is 3.82. The van der Waals surface area contributed by atoms with Gasteiger partial charge < -0.3 is 5.32 Å². The van der Waals surface area contributed by atoms with Gasteiger partial charge in [0.15, 0.2) is 0 Å². The van der Waals surface area contributed by atoms with Gasteiger partial charge >= 0.3 is 0 Å². The fourth-order valence-corrected chi connectivity index (χ4v) is 4.67. The molecule has 0 aromatic carbocycles.